The number of amides is 1. The number of nitrogens with one attached hydrogen (secondary N) is 1. The maximum atomic E-state index is 12.9. The predicted octanol–water partition coefficient (Wildman–Crippen LogP) is 4.03. The average molecular weight is 418 g/mol. The van der Waals surface area contributed by atoms with Crippen LogP contribution in [0.3, 0.4) is 0 Å². The molecule has 0 heterocycles. The molecule has 162 valence electrons. The summed E-state index contributed by atoms with van der Waals surface area (Å²) in [6, 6.07) is 18.2. The third-order valence-electron chi connectivity index (χ3n) is 5.78. The Bertz CT molecular complexity index is 947. The Morgan fingerprint density at radius 1 is 1.19 bits per heavy atom. The Hall–Kier alpha value is -3.10. The molecule has 1 aliphatic carbocycles. The van der Waals surface area contributed by atoms with Crippen LogP contribution in [0.25, 0.3) is 0 Å². The van der Waals surface area contributed by atoms with Gasteiger partial charge in [0.2, 0.25) is 0 Å². The van der Waals surface area contributed by atoms with Gasteiger partial charge in [-0.25, -0.2) is 0 Å². The van der Waals surface area contributed by atoms with Crippen molar-refractivity contribution in [3.05, 3.63) is 82.6 Å². The molecule has 0 bridgehead atoms. The number of hydrogen-bond acceptors (Lipinski definition) is 4. The third kappa shape index (κ3) is 6.19. The topological polar surface area (TPSA) is 76.4 Å². The van der Waals surface area contributed by atoms with E-state index in [1.54, 1.807) is 11.1 Å². The number of nitriles is 1. The molecule has 2 N–H and O–H groups in total. The van der Waals surface area contributed by atoms with Crippen molar-refractivity contribution in [3.63, 3.8) is 0 Å². The van der Waals surface area contributed by atoms with Crippen molar-refractivity contribution in [3.8, 4) is 6.07 Å². The summed E-state index contributed by atoms with van der Waals surface area (Å²) in [5.74, 6) is -0.386. The van der Waals surface area contributed by atoms with Crippen molar-refractivity contribution >= 4 is 5.91 Å². The number of carbonyl (C=O) groups is 1. The van der Waals surface area contributed by atoms with Gasteiger partial charge < -0.3 is 15.3 Å². The molecule has 1 atom stereocenters. The fourth-order valence-electron chi connectivity index (χ4n) is 4.08. The highest BCUT2D eigenvalue weighted by molar-refractivity contribution is 5.97. The molecule has 1 aliphatic rings. The lowest BCUT2D eigenvalue weighted by Gasteiger charge is -2.23. The predicted molar refractivity (Wildman–Crippen MR) is 122 cm³/mol. The van der Waals surface area contributed by atoms with Crippen molar-refractivity contribution in [2.45, 2.75) is 51.6 Å². The zero-order chi connectivity index (χ0) is 22.1. The molecule has 0 fully saturated rings. The van der Waals surface area contributed by atoms with Crippen molar-refractivity contribution in [1.29, 1.82) is 5.26 Å². The average Bonchev–Trinajstić information content (AvgIpc) is 2.81. The number of fused-ring (bicyclic) bond motifs is 1. The zero-order valence-electron chi connectivity index (χ0n) is 18.2. The van der Waals surface area contributed by atoms with Gasteiger partial charge in [0.05, 0.1) is 12.6 Å². The molecular weight excluding hydrogens is 386 g/mol. The van der Waals surface area contributed by atoms with Crippen molar-refractivity contribution in [2.24, 2.45) is 0 Å². The van der Waals surface area contributed by atoms with E-state index in [1.807, 2.05) is 43.3 Å². The highest BCUT2D eigenvalue weighted by atomic mass is 16.3. The largest absolute Gasteiger partial charge is 0.395 e. The minimum atomic E-state index is -0.386. The minimum Gasteiger partial charge on any atom is -0.395 e. The first kappa shape index (κ1) is 22.6. The van der Waals surface area contributed by atoms with Crippen molar-refractivity contribution in [2.75, 3.05) is 13.2 Å². The number of nitrogens with zero attached hydrogens (tertiary/aromatic N) is 2. The van der Waals surface area contributed by atoms with E-state index in [2.05, 4.69) is 23.5 Å². The SMILES string of the molecule is CCC(NC(=O)/C(C#N)=C\N(CCO)Cc1ccccc1)c1ccc2c(c1)CCCC2. The van der Waals surface area contributed by atoms with E-state index in [4.69, 9.17) is 0 Å². The van der Waals surface area contributed by atoms with Gasteiger partial charge in [0.25, 0.3) is 5.91 Å². The van der Waals surface area contributed by atoms with Gasteiger partial charge >= 0.3 is 0 Å². The van der Waals surface area contributed by atoms with Crippen LogP contribution in [-0.2, 0) is 24.2 Å². The molecule has 0 aromatic heterocycles. The number of aliphatic hydroxyl groups is 1. The van der Waals surface area contributed by atoms with Gasteiger partial charge in [0.1, 0.15) is 11.6 Å². The highest BCUT2D eigenvalue weighted by Gasteiger charge is 2.19. The zero-order valence-corrected chi connectivity index (χ0v) is 18.2. The van der Waals surface area contributed by atoms with Crippen LogP contribution in [0, 0.1) is 11.3 Å². The number of benzene rings is 2. The van der Waals surface area contributed by atoms with E-state index in [1.165, 1.54) is 24.0 Å². The minimum absolute atomic E-state index is 0.0424. The fourth-order valence-corrected chi connectivity index (χ4v) is 4.08. The summed E-state index contributed by atoms with van der Waals surface area (Å²) in [5.41, 5.74) is 4.97. The van der Waals surface area contributed by atoms with Crippen LogP contribution in [0.15, 0.2) is 60.3 Å². The normalized spacial score (nSPS) is 14.3. The number of hydrogen-bond donors (Lipinski definition) is 2. The van der Waals surface area contributed by atoms with E-state index < -0.39 is 0 Å². The van der Waals surface area contributed by atoms with Crippen LogP contribution < -0.4 is 5.32 Å². The van der Waals surface area contributed by atoms with Gasteiger partial charge in [-0.1, -0.05) is 55.5 Å². The van der Waals surface area contributed by atoms with Crippen LogP contribution in [-0.4, -0.2) is 29.1 Å². The molecule has 0 radical (unpaired) electrons. The molecule has 0 aliphatic heterocycles. The van der Waals surface area contributed by atoms with E-state index >= 15 is 0 Å². The van der Waals surface area contributed by atoms with Gasteiger partial charge in [-0.15, -0.1) is 0 Å². The monoisotopic (exact) mass is 417 g/mol. The first-order valence-corrected chi connectivity index (χ1v) is 11.1. The third-order valence-corrected chi connectivity index (χ3v) is 5.78. The molecule has 31 heavy (non-hydrogen) atoms. The summed E-state index contributed by atoms with van der Waals surface area (Å²) >= 11 is 0. The number of aliphatic hydroxyl groups excluding tert-OH is 1. The van der Waals surface area contributed by atoms with E-state index in [-0.39, 0.29) is 24.1 Å². The van der Waals surface area contributed by atoms with Gasteiger partial charge in [-0.05, 0) is 54.4 Å². The Labute approximate surface area is 185 Å². The summed E-state index contributed by atoms with van der Waals surface area (Å²) in [7, 11) is 0. The lowest BCUT2D eigenvalue weighted by Crippen LogP contribution is -2.31. The van der Waals surface area contributed by atoms with E-state index in [0.717, 1.165) is 30.4 Å². The standard InChI is InChI=1S/C26H31N3O2/c1-2-25(23-13-12-21-10-6-7-11-22(21)16-23)28-26(31)24(17-27)19-29(14-15-30)18-20-8-4-3-5-9-20/h3-5,8-9,12-13,16,19,25,30H,2,6-7,10-11,14-15,18H2,1H3,(H,28,31)/b24-19-. The summed E-state index contributed by atoms with van der Waals surface area (Å²) in [6.07, 6.45) is 6.97. The van der Waals surface area contributed by atoms with Crippen LogP contribution in [0.4, 0.5) is 0 Å². The van der Waals surface area contributed by atoms with Crippen molar-refractivity contribution in [1.82, 2.24) is 10.2 Å². The molecule has 1 amide bonds. The fraction of sp³-hybridized carbons (Fsp3) is 0.385. The molecule has 1 unspecified atom stereocenters. The second-order valence-electron chi connectivity index (χ2n) is 8.00. The Balaban J connectivity index is 1.74. The second kappa shape index (κ2) is 11.3. The Morgan fingerprint density at radius 2 is 1.94 bits per heavy atom. The highest BCUT2D eigenvalue weighted by Crippen LogP contribution is 2.26. The molecular formula is C26H31N3O2. The molecule has 5 heteroatoms. The number of rotatable bonds is 9. The first-order chi connectivity index (χ1) is 15.1. The summed E-state index contributed by atoms with van der Waals surface area (Å²) in [6.45, 7) is 2.83. The number of aryl methyl sites for hydroxylation is 2. The lowest BCUT2D eigenvalue weighted by molar-refractivity contribution is -0.118. The van der Waals surface area contributed by atoms with E-state index in [0.29, 0.717) is 13.1 Å². The van der Waals surface area contributed by atoms with Crippen LogP contribution in [0.2, 0.25) is 0 Å². The molecule has 0 saturated heterocycles. The number of carbonyl (C=O) groups excluding carboxylic acids is 1. The van der Waals surface area contributed by atoms with Crippen LogP contribution in [0.5, 0.6) is 0 Å². The van der Waals surface area contributed by atoms with Gasteiger partial charge in [-0.2, -0.15) is 5.26 Å². The van der Waals surface area contributed by atoms with Gasteiger partial charge in [0.15, 0.2) is 0 Å². The Morgan fingerprint density at radius 3 is 2.61 bits per heavy atom. The summed E-state index contributed by atoms with van der Waals surface area (Å²) in [4.78, 5) is 14.7. The molecule has 2 aromatic rings. The van der Waals surface area contributed by atoms with Crippen molar-refractivity contribution < 1.29 is 9.90 Å². The van der Waals surface area contributed by atoms with Crippen LogP contribution >= 0.6 is 0 Å². The molecule has 3 rings (SSSR count). The van der Waals surface area contributed by atoms with Gasteiger partial charge in [-0.3, -0.25) is 4.79 Å². The molecule has 0 saturated carbocycles. The molecule has 5 nitrogen and oxygen atoms in total. The first-order valence-electron chi connectivity index (χ1n) is 11.1. The Kier molecular flexibility index (Phi) is 8.26. The van der Waals surface area contributed by atoms with E-state index in [9.17, 15) is 15.2 Å². The molecule has 2 aromatic carbocycles. The second-order valence-corrected chi connectivity index (χ2v) is 8.00. The van der Waals surface area contributed by atoms with Crippen LogP contribution in [0.1, 0.15) is 54.5 Å². The smallest absolute Gasteiger partial charge is 0.263 e. The maximum absolute atomic E-state index is 12.9. The summed E-state index contributed by atoms with van der Waals surface area (Å²) in [5, 5.41) is 22.1. The maximum Gasteiger partial charge on any atom is 0.263 e. The van der Waals surface area contributed by atoms with Gasteiger partial charge in [0, 0.05) is 19.3 Å². The lowest BCUT2D eigenvalue weighted by atomic mass is 9.88. The summed E-state index contributed by atoms with van der Waals surface area (Å²) < 4.78 is 0. The quantitative estimate of drug-likeness (QED) is 0.477. The molecule has 0 spiro atoms.